The van der Waals surface area contributed by atoms with Gasteiger partial charge >= 0.3 is 0 Å². The van der Waals surface area contributed by atoms with Crippen molar-refractivity contribution in [2.75, 3.05) is 4.90 Å². The van der Waals surface area contributed by atoms with E-state index in [0.717, 1.165) is 5.57 Å². The van der Waals surface area contributed by atoms with E-state index in [9.17, 15) is 14.0 Å². The number of anilines is 1. The van der Waals surface area contributed by atoms with Gasteiger partial charge in [0, 0.05) is 16.6 Å². The first-order valence-corrected chi connectivity index (χ1v) is 10.3. The Morgan fingerprint density at radius 2 is 2.00 bits per heavy atom. The highest BCUT2D eigenvalue weighted by Crippen LogP contribution is 2.28. The van der Waals surface area contributed by atoms with Crippen molar-refractivity contribution in [3.63, 3.8) is 0 Å². The van der Waals surface area contributed by atoms with E-state index in [1.807, 2.05) is 39.0 Å². The quantitative estimate of drug-likeness (QED) is 0.737. The maximum absolute atomic E-state index is 13.6. The Hall–Kier alpha value is -3.24. The van der Waals surface area contributed by atoms with Crippen LogP contribution < -0.4 is 10.2 Å². The number of terminal acetylenes is 1. The van der Waals surface area contributed by atoms with Gasteiger partial charge in [-0.25, -0.2) is 9.37 Å². The molecule has 0 spiro atoms. The van der Waals surface area contributed by atoms with Crippen molar-refractivity contribution in [1.82, 2.24) is 10.3 Å². The van der Waals surface area contributed by atoms with E-state index >= 15 is 0 Å². The number of allylic oxidation sites excluding steroid dienone is 3. The zero-order chi connectivity index (χ0) is 21.9. The van der Waals surface area contributed by atoms with Crippen molar-refractivity contribution in [2.45, 2.75) is 38.8 Å². The summed E-state index contributed by atoms with van der Waals surface area (Å²) in [5.74, 6) is 1.16. The molecule has 0 saturated heterocycles. The molecule has 154 valence electrons. The molecule has 30 heavy (non-hydrogen) atoms. The summed E-state index contributed by atoms with van der Waals surface area (Å²) >= 11 is 1.17. The fraction of sp³-hybridized carbons (Fsp3) is 0.261. The van der Waals surface area contributed by atoms with E-state index in [1.165, 1.54) is 40.5 Å². The lowest BCUT2D eigenvalue weighted by molar-refractivity contribution is -0.123. The minimum atomic E-state index is -0.923. The molecule has 3 rings (SSSR count). The van der Waals surface area contributed by atoms with Gasteiger partial charge in [-0.15, -0.1) is 17.8 Å². The number of nitrogens with one attached hydrogen (secondary N) is 1. The standard InChI is InChI=1S/C23H22FN3O2S/c1-5-19-25-18(14-30-19)22(29)27(17-12-10-16(24)11-13-17)20(15-8-6-7-9-15)21(28)26-23(2,3)4/h1,6-8,10-14,20H,9H2,2-4H3,(H,26,28). The number of carbonyl (C=O) groups excluding carboxylic acids is 2. The Morgan fingerprint density at radius 3 is 2.53 bits per heavy atom. The van der Waals surface area contributed by atoms with Crippen LogP contribution in [0.15, 0.2) is 53.4 Å². The smallest absolute Gasteiger partial charge is 0.278 e. The summed E-state index contributed by atoms with van der Waals surface area (Å²) in [6, 6.07) is 4.53. The summed E-state index contributed by atoms with van der Waals surface area (Å²) in [6.45, 7) is 5.60. The maximum atomic E-state index is 13.6. The third-order valence-corrected chi connectivity index (χ3v) is 5.10. The number of thiazole rings is 1. The molecule has 1 aromatic carbocycles. The predicted molar refractivity (Wildman–Crippen MR) is 117 cm³/mol. The molecular weight excluding hydrogens is 401 g/mol. The zero-order valence-electron chi connectivity index (χ0n) is 17.0. The molecule has 1 aliphatic rings. The first-order chi connectivity index (χ1) is 14.2. The Morgan fingerprint density at radius 1 is 1.30 bits per heavy atom. The number of rotatable bonds is 5. The molecule has 1 aromatic heterocycles. The van der Waals surface area contributed by atoms with Crippen molar-refractivity contribution >= 4 is 28.8 Å². The molecular formula is C23H22FN3O2S. The molecule has 0 bridgehead atoms. The van der Waals surface area contributed by atoms with E-state index in [1.54, 1.807) is 5.38 Å². The Labute approximate surface area is 179 Å². The third kappa shape index (κ3) is 4.84. The van der Waals surface area contributed by atoms with Crippen LogP contribution in [0.1, 0.15) is 42.7 Å². The molecule has 2 amide bonds. The second-order valence-electron chi connectivity index (χ2n) is 7.85. The maximum Gasteiger partial charge on any atom is 0.278 e. The molecule has 1 unspecified atom stereocenters. The van der Waals surface area contributed by atoms with Gasteiger partial charge in [-0.1, -0.05) is 18.2 Å². The summed E-state index contributed by atoms with van der Waals surface area (Å²) in [5.41, 5.74) is 0.772. The number of nitrogens with zero attached hydrogens (tertiary/aromatic N) is 2. The summed E-state index contributed by atoms with van der Waals surface area (Å²) in [7, 11) is 0. The summed E-state index contributed by atoms with van der Waals surface area (Å²) < 4.78 is 13.6. The number of aromatic nitrogens is 1. The highest BCUT2D eigenvalue weighted by atomic mass is 32.1. The Bertz CT molecular complexity index is 1060. The van der Waals surface area contributed by atoms with Crippen LogP contribution in [0.5, 0.6) is 0 Å². The highest BCUT2D eigenvalue weighted by molar-refractivity contribution is 7.10. The van der Waals surface area contributed by atoms with Crippen molar-refractivity contribution in [2.24, 2.45) is 0 Å². The number of benzene rings is 1. The molecule has 2 aromatic rings. The summed E-state index contributed by atoms with van der Waals surface area (Å²) in [6.07, 6.45) is 11.5. The minimum absolute atomic E-state index is 0.136. The van der Waals surface area contributed by atoms with Gasteiger partial charge in [0.1, 0.15) is 17.6 Å². The summed E-state index contributed by atoms with van der Waals surface area (Å²) in [5, 5.41) is 4.89. The molecule has 1 atom stereocenters. The Kier molecular flexibility index (Phi) is 6.18. The molecule has 5 nitrogen and oxygen atoms in total. The minimum Gasteiger partial charge on any atom is -0.349 e. The Balaban J connectivity index is 2.11. The van der Waals surface area contributed by atoms with E-state index in [2.05, 4.69) is 16.2 Å². The largest absolute Gasteiger partial charge is 0.349 e. The molecule has 0 aliphatic heterocycles. The first kappa shape index (κ1) is 21.5. The fourth-order valence-corrected chi connectivity index (χ4v) is 3.70. The fourth-order valence-electron chi connectivity index (χ4n) is 3.10. The zero-order valence-corrected chi connectivity index (χ0v) is 17.8. The molecule has 7 heteroatoms. The van der Waals surface area contributed by atoms with Gasteiger partial charge < -0.3 is 5.32 Å². The van der Waals surface area contributed by atoms with Crippen LogP contribution >= 0.6 is 11.3 Å². The van der Waals surface area contributed by atoms with Gasteiger partial charge in [-0.05, 0) is 63.0 Å². The third-order valence-electron chi connectivity index (χ3n) is 4.33. The van der Waals surface area contributed by atoms with Crippen LogP contribution in [-0.2, 0) is 4.79 Å². The van der Waals surface area contributed by atoms with Crippen LogP contribution in [0.2, 0.25) is 0 Å². The number of hydrogen-bond acceptors (Lipinski definition) is 4. The lowest BCUT2D eigenvalue weighted by atomic mass is 9.99. The average Bonchev–Trinajstić information content (AvgIpc) is 3.36. The van der Waals surface area contributed by atoms with Crippen molar-refractivity contribution in [3.8, 4) is 12.3 Å². The topological polar surface area (TPSA) is 62.3 Å². The summed E-state index contributed by atoms with van der Waals surface area (Å²) in [4.78, 5) is 32.4. The predicted octanol–water partition coefficient (Wildman–Crippen LogP) is 4.08. The lowest BCUT2D eigenvalue weighted by Crippen LogP contribution is -2.55. The van der Waals surface area contributed by atoms with Gasteiger partial charge in [0.15, 0.2) is 5.01 Å². The van der Waals surface area contributed by atoms with Crippen LogP contribution in [0.4, 0.5) is 10.1 Å². The second-order valence-corrected chi connectivity index (χ2v) is 8.71. The van der Waals surface area contributed by atoms with Gasteiger partial charge in [0.2, 0.25) is 5.91 Å². The van der Waals surface area contributed by atoms with Gasteiger partial charge in [0.05, 0.1) is 0 Å². The van der Waals surface area contributed by atoms with Crippen LogP contribution in [-0.4, -0.2) is 28.4 Å². The van der Waals surface area contributed by atoms with Crippen molar-refractivity contribution in [3.05, 3.63) is 70.0 Å². The molecule has 1 N–H and O–H groups in total. The van der Waals surface area contributed by atoms with Crippen LogP contribution in [0.3, 0.4) is 0 Å². The lowest BCUT2D eigenvalue weighted by Gasteiger charge is -2.34. The molecule has 1 aliphatic carbocycles. The number of halogens is 1. The van der Waals surface area contributed by atoms with Crippen LogP contribution in [0.25, 0.3) is 0 Å². The molecule has 0 radical (unpaired) electrons. The molecule has 0 saturated carbocycles. The highest BCUT2D eigenvalue weighted by Gasteiger charge is 2.37. The number of hydrogen-bond donors (Lipinski definition) is 1. The number of carbonyl (C=O) groups is 2. The normalized spacial score (nSPS) is 14.0. The van der Waals surface area contributed by atoms with Gasteiger partial charge in [0.25, 0.3) is 5.91 Å². The first-order valence-electron chi connectivity index (χ1n) is 9.38. The average molecular weight is 424 g/mol. The number of amides is 2. The molecule has 1 heterocycles. The van der Waals surface area contributed by atoms with E-state index < -0.39 is 23.3 Å². The van der Waals surface area contributed by atoms with Gasteiger partial charge in [-0.3, -0.25) is 14.5 Å². The molecule has 0 fully saturated rings. The van der Waals surface area contributed by atoms with Crippen molar-refractivity contribution in [1.29, 1.82) is 0 Å². The van der Waals surface area contributed by atoms with Crippen LogP contribution in [0, 0.1) is 18.2 Å². The van der Waals surface area contributed by atoms with E-state index in [-0.39, 0.29) is 11.6 Å². The van der Waals surface area contributed by atoms with Crippen molar-refractivity contribution < 1.29 is 14.0 Å². The van der Waals surface area contributed by atoms with Gasteiger partial charge in [-0.2, -0.15) is 0 Å². The van der Waals surface area contributed by atoms with E-state index in [0.29, 0.717) is 17.1 Å². The monoisotopic (exact) mass is 423 g/mol. The van der Waals surface area contributed by atoms with E-state index in [4.69, 9.17) is 6.42 Å². The SMILES string of the molecule is C#Cc1nc(C(=O)N(c2ccc(F)cc2)C(C(=O)NC(C)(C)C)C2=CC=CC2)cs1. The second kappa shape index (κ2) is 8.64.